The number of rotatable bonds is 4. The van der Waals surface area contributed by atoms with Crippen molar-refractivity contribution in [2.75, 3.05) is 6.54 Å². The normalized spacial score (nSPS) is 12.7. The maximum Gasteiger partial charge on any atom is 0.142 e. The monoisotopic (exact) mass is 347 g/mol. The van der Waals surface area contributed by atoms with Crippen LogP contribution >= 0.6 is 38.9 Å². The van der Waals surface area contributed by atoms with Gasteiger partial charge in [0.15, 0.2) is 0 Å². The van der Waals surface area contributed by atoms with Crippen molar-refractivity contribution in [2.45, 2.75) is 13.0 Å². The molecule has 2 aromatic rings. The number of nitrogens with one attached hydrogen (secondary N) is 1. The molecule has 0 saturated carbocycles. The zero-order valence-electron chi connectivity index (χ0n) is 9.71. The van der Waals surface area contributed by atoms with E-state index in [0.29, 0.717) is 14.4 Å². The van der Waals surface area contributed by atoms with Crippen molar-refractivity contribution in [3.8, 4) is 0 Å². The quantitative estimate of drug-likeness (QED) is 0.819. The summed E-state index contributed by atoms with van der Waals surface area (Å²) in [5, 5.41) is 3.29. The summed E-state index contributed by atoms with van der Waals surface area (Å²) in [7, 11) is 0. The molecule has 0 bridgehead atoms. The van der Waals surface area contributed by atoms with Gasteiger partial charge in [-0.25, -0.2) is 4.39 Å². The number of thiophene rings is 1. The Bertz CT molecular complexity index is 544. The third kappa shape index (κ3) is 2.94. The van der Waals surface area contributed by atoms with Gasteiger partial charge in [-0.2, -0.15) is 0 Å². The lowest BCUT2D eigenvalue weighted by Gasteiger charge is -2.18. The van der Waals surface area contributed by atoms with E-state index in [9.17, 15) is 4.39 Å². The molecule has 2 rings (SSSR count). The minimum atomic E-state index is -0.229. The Labute approximate surface area is 123 Å². The molecule has 1 atom stereocenters. The van der Waals surface area contributed by atoms with Crippen molar-refractivity contribution in [1.29, 1.82) is 0 Å². The second-order valence-electron chi connectivity index (χ2n) is 3.78. The standard InChI is InChI=1S/C13H12BrClFNS/c1-2-17-13(10-6-7-11(15)18-10)8-4-3-5-9(14)12(8)16/h3-7,13,17H,2H2,1H3. The molecule has 0 amide bonds. The minimum absolute atomic E-state index is 0.162. The van der Waals surface area contributed by atoms with Crippen molar-refractivity contribution in [1.82, 2.24) is 5.32 Å². The van der Waals surface area contributed by atoms with E-state index in [1.807, 2.05) is 25.1 Å². The lowest BCUT2D eigenvalue weighted by Crippen LogP contribution is -2.22. The van der Waals surface area contributed by atoms with Crippen LogP contribution in [0.15, 0.2) is 34.8 Å². The highest BCUT2D eigenvalue weighted by Gasteiger charge is 2.19. The maximum atomic E-state index is 14.2. The Balaban J connectivity index is 2.44. The highest BCUT2D eigenvalue weighted by atomic mass is 79.9. The topological polar surface area (TPSA) is 12.0 Å². The Morgan fingerprint density at radius 3 is 2.78 bits per heavy atom. The minimum Gasteiger partial charge on any atom is -0.306 e. The molecule has 0 fully saturated rings. The van der Waals surface area contributed by atoms with E-state index >= 15 is 0 Å². The van der Waals surface area contributed by atoms with Crippen LogP contribution in [0.2, 0.25) is 4.34 Å². The zero-order valence-corrected chi connectivity index (χ0v) is 12.9. The SMILES string of the molecule is CCNC(c1ccc(Cl)s1)c1cccc(Br)c1F. The largest absolute Gasteiger partial charge is 0.306 e. The summed E-state index contributed by atoms with van der Waals surface area (Å²) < 4.78 is 15.3. The Morgan fingerprint density at radius 1 is 1.39 bits per heavy atom. The molecule has 18 heavy (non-hydrogen) atoms. The predicted octanol–water partition coefficient (Wildman–Crippen LogP) is 5.00. The fourth-order valence-electron chi connectivity index (χ4n) is 1.79. The second kappa shape index (κ2) is 6.15. The molecule has 1 N–H and O–H groups in total. The smallest absolute Gasteiger partial charge is 0.142 e. The van der Waals surface area contributed by atoms with Crippen molar-refractivity contribution < 1.29 is 4.39 Å². The van der Waals surface area contributed by atoms with E-state index in [2.05, 4.69) is 21.2 Å². The molecule has 96 valence electrons. The van der Waals surface area contributed by atoms with Crippen LogP contribution in [-0.2, 0) is 0 Å². The molecule has 0 radical (unpaired) electrons. The highest BCUT2D eigenvalue weighted by Crippen LogP contribution is 2.33. The van der Waals surface area contributed by atoms with Gasteiger partial charge in [0.25, 0.3) is 0 Å². The molecule has 1 aromatic carbocycles. The van der Waals surface area contributed by atoms with E-state index in [-0.39, 0.29) is 11.9 Å². The number of benzene rings is 1. The van der Waals surface area contributed by atoms with Crippen LogP contribution in [0.4, 0.5) is 4.39 Å². The van der Waals surface area contributed by atoms with Gasteiger partial charge in [-0.15, -0.1) is 11.3 Å². The summed E-state index contributed by atoms with van der Waals surface area (Å²) in [6, 6.07) is 8.93. The fraction of sp³-hybridized carbons (Fsp3) is 0.231. The van der Waals surface area contributed by atoms with Crippen molar-refractivity contribution in [2.24, 2.45) is 0 Å². The predicted molar refractivity (Wildman–Crippen MR) is 78.9 cm³/mol. The first kappa shape index (κ1) is 14.0. The summed E-state index contributed by atoms with van der Waals surface area (Å²) in [5.74, 6) is -0.229. The van der Waals surface area contributed by atoms with Gasteiger partial charge in [-0.05, 0) is 40.7 Å². The summed E-state index contributed by atoms with van der Waals surface area (Å²) >= 11 is 10.6. The lowest BCUT2D eigenvalue weighted by atomic mass is 10.0. The molecule has 1 heterocycles. The molecule has 0 saturated heterocycles. The van der Waals surface area contributed by atoms with E-state index in [1.165, 1.54) is 11.3 Å². The van der Waals surface area contributed by atoms with Crippen molar-refractivity contribution in [3.05, 3.63) is 55.4 Å². The second-order valence-corrected chi connectivity index (χ2v) is 6.38. The number of halogens is 3. The van der Waals surface area contributed by atoms with Crippen LogP contribution in [-0.4, -0.2) is 6.54 Å². The molecule has 0 aliphatic carbocycles. The van der Waals surface area contributed by atoms with Gasteiger partial charge in [0.1, 0.15) is 5.82 Å². The molecule has 1 nitrogen and oxygen atoms in total. The summed E-state index contributed by atoms with van der Waals surface area (Å²) in [5.41, 5.74) is 0.629. The van der Waals surface area contributed by atoms with Crippen LogP contribution in [0.3, 0.4) is 0 Å². The van der Waals surface area contributed by atoms with Gasteiger partial charge in [0, 0.05) is 10.4 Å². The van der Waals surface area contributed by atoms with Gasteiger partial charge in [0.05, 0.1) is 14.9 Å². The van der Waals surface area contributed by atoms with Crippen molar-refractivity contribution in [3.63, 3.8) is 0 Å². The van der Waals surface area contributed by atoms with Crippen LogP contribution < -0.4 is 5.32 Å². The molecule has 1 unspecified atom stereocenters. The van der Waals surface area contributed by atoms with Crippen LogP contribution in [0.1, 0.15) is 23.4 Å². The zero-order chi connectivity index (χ0) is 13.1. The first-order chi connectivity index (χ1) is 8.63. The third-order valence-electron chi connectivity index (χ3n) is 2.58. The Hall–Kier alpha value is -0.420. The van der Waals surface area contributed by atoms with E-state index in [0.717, 1.165) is 11.4 Å². The Morgan fingerprint density at radius 2 is 2.17 bits per heavy atom. The molecule has 0 aliphatic rings. The molecule has 5 heteroatoms. The lowest BCUT2D eigenvalue weighted by molar-refractivity contribution is 0.559. The molecular weight excluding hydrogens is 337 g/mol. The van der Waals surface area contributed by atoms with Gasteiger partial charge in [-0.1, -0.05) is 30.7 Å². The third-order valence-corrected chi connectivity index (χ3v) is 4.49. The molecular formula is C13H12BrClFNS. The van der Waals surface area contributed by atoms with E-state index < -0.39 is 0 Å². The van der Waals surface area contributed by atoms with E-state index in [4.69, 9.17) is 11.6 Å². The van der Waals surface area contributed by atoms with Crippen molar-refractivity contribution >= 4 is 38.9 Å². The van der Waals surface area contributed by atoms with Crippen LogP contribution in [0.25, 0.3) is 0 Å². The van der Waals surface area contributed by atoms with Gasteiger partial charge < -0.3 is 5.32 Å². The van der Waals surface area contributed by atoms with Gasteiger partial charge in [-0.3, -0.25) is 0 Å². The van der Waals surface area contributed by atoms with Gasteiger partial charge in [0.2, 0.25) is 0 Å². The number of hydrogen-bond donors (Lipinski definition) is 1. The van der Waals surface area contributed by atoms with Crippen LogP contribution in [0, 0.1) is 5.82 Å². The molecule has 1 aromatic heterocycles. The fourth-order valence-corrected chi connectivity index (χ4v) is 3.33. The maximum absolute atomic E-state index is 14.2. The summed E-state index contributed by atoms with van der Waals surface area (Å²) in [4.78, 5) is 1.01. The molecule has 0 aliphatic heterocycles. The Kier molecular flexibility index (Phi) is 4.78. The first-order valence-electron chi connectivity index (χ1n) is 5.56. The van der Waals surface area contributed by atoms with Crippen LogP contribution in [0.5, 0.6) is 0 Å². The highest BCUT2D eigenvalue weighted by molar-refractivity contribution is 9.10. The van der Waals surface area contributed by atoms with E-state index in [1.54, 1.807) is 12.1 Å². The average molecular weight is 349 g/mol. The molecule has 0 spiro atoms. The summed E-state index contributed by atoms with van der Waals surface area (Å²) in [6.07, 6.45) is 0. The average Bonchev–Trinajstić information content (AvgIpc) is 2.77. The summed E-state index contributed by atoms with van der Waals surface area (Å²) in [6.45, 7) is 2.75. The first-order valence-corrected chi connectivity index (χ1v) is 7.54. The number of hydrogen-bond acceptors (Lipinski definition) is 2. The van der Waals surface area contributed by atoms with Gasteiger partial charge >= 0.3 is 0 Å².